The van der Waals surface area contributed by atoms with Gasteiger partial charge in [-0.15, -0.1) is 0 Å². The van der Waals surface area contributed by atoms with E-state index >= 15 is 0 Å². The molecule has 1 aromatic heterocycles. The summed E-state index contributed by atoms with van der Waals surface area (Å²) >= 11 is 0. The number of fused-ring (bicyclic) bond motifs is 3. The van der Waals surface area contributed by atoms with Gasteiger partial charge in [-0.05, 0) is 29.5 Å². The maximum Gasteiger partial charge on any atom is 0.0788 e. The molecule has 0 atom stereocenters. The monoisotopic (exact) mass is 345 g/mol. The van der Waals surface area contributed by atoms with Crippen molar-refractivity contribution in [1.29, 1.82) is 0 Å². The van der Waals surface area contributed by atoms with Crippen LogP contribution < -0.4 is 0 Å². The summed E-state index contributed by atoms with van der Waals surface area (Å²) in [4.78, 5) is 5.09. The highest BCUT2D eigenvalue weighted by Crippen LogP contribution is 2.34. The molecule has 0 aliphatic carbocycles. The van der Waals surface area contributed by atoms with E-state index in [-0.39, 0.29) is 0 Å². The van der Waals surface area contributed by atoms with E-state index in [0.29, 0.717) is 0 Å². The van der Waals surface area contributed by atoms with Gasteiger partial charge in [0.15, 0.2) is 0 Å². The lowest BCUT2D eigenvalue weighted by Crippen LogP contribution is -1.90. The zero-order valence-electron chi connectivity index (χ0n) is 15.2. The van der Waals surface area contributed by atoms with Crippen molar-refractivity contribution >= 4 is 21.7 Å². The van der Waals surface area contributed by atoms with E-state index in [4.69, 9.17) is 4.98 Å². The van der Waals surface area contributed by atoms with Crippen LogP contribution in [0.2, 0.25) is 0 Å². The Morgan fingerprint density at radius 2 is 1.19 bits per heavy atom. The van der Waals surface area contributed by atoms with Crippen molar-refractivity contribution in [2.24, 2.45) is 0 Å². The third-order valence-electron chi connectivity index (χ3n) is 5.13. The molecule has 0 spiro atoms. The molecule has 0 saturated carbocycles. The second kappa shape index (κ2) is 6.37. The molecule has 4 aromatic carbocycles. The van der Waals surface area contributed by atoms with E-state index in [2.05, 4.69) is 97.9 Å². The average molecular weight is 345 g/mol. The number of nitrogens with zero attached hydrogens (tertiary/aromatic N) is 1. The highest BCUT2D eigenvalue weighted by molar-refractivity contribution is 6.11. The Hall–Kier alpha value is -3.45. The number of benzene rings is 4. The van der Waals surface area contributed by atoms with Gasteiger partial charge in [-0.3, -0.25) is 0 Å². The van der Waals surface area contributed by atoms with Gasteiger partial charge in [-0.1, -0.05) is 96.6 Å². The zero-order chi connectivity index (χ0) is 18.2. The molecule has 0 saturated heterocycles. The molecule has 128 valence electrons. The maximum atomic E-state index is 5.09. The van der Waals surface area contributed by atoms with Crippen molar-refractivity contribution in [3.05, 3.63) is 103 Å². The summed E-state index contributed by atoms with van der Waals surface area (Å²) in [7, 11) is 0. The van der Waals surface area contributed by atoms with E-state index < -0.39 is 0 Å². The van der Waals surface area contributed by atoms with Crippen molar-refractivity contribution in [2.75, 3.05) is 0 Å². The number of hydrogen-bond acceptors (Lipinski definition) is 1. The second-order valence-corrected chi connectivity index (χ2v) is 6.97. The third-order valence-corrected chi connectivity index (χ3v) is 5.13. The van der Waals surface area contributed by atoms with Crippen LogP contribution >= 0.6 is 0 Å². The Morgan fingerprint density at radius 1 is 0.519 bits per heavy atom. The molecule has 0 aliphatic rings. The first-order chi connectivity index (χ1) is 13.3. The van der Waals surface area contributed by atoms with Crippen LogP contribution in [0, 0.1) is 6.92 Å². The Morgan fingerprint density at radius 3 is 1.96 bits per heavy atom. The summed E-state index contributed by atoms with van der Waals surface area (Å²) in [5.74, 6) is 0. The molecule has 0 unspecified atom stereocenters. The summed E-state index contributed by atoms with van der Waals surface area (Å²) in [6.45, 7) is 2.11. The molecule has 0 fully saturated rings. The summed E-state index contributed by atoms with van der Waals surface area (Å²) in [6, 6.07) is 34.3. The van der Waals surface area contributed by atoms with Gasteiger partial charge in [0.05, 0.1) is 11.2 Å². The molecule has 1 heteroatoms. The zero-order valence-corrected chi connectivity index (χ0v) is 15.2. The fourth-order valence-electron chi connectivity index (χ4n) is 3.70. The van der Waals surface area contributed by atoms with Gasteiger partial charge in [0, 0.05) is 16.3 Å². The minimum Gasteiger partial charge on any atom is -0.247 e. The van der Waals surface area contributed by atoms with Crippen LogP contribution in [0.3, 0.4) is 0 Å². The Balaban J connectivity index is 1.81. The summed E-state index contributed by atoms with van der Waals surface area (Å²) in [5.41, 5.74) is 6.90. The smallest absolute Gasteiger partial charge is 0.0788 e. The third kappa shape index (κ3) is 2.78. The van der Waals surface area contributed by atoms with E-state index in [1.54, 1.807) is 0 Å². The van der Waals surface area contributed by atoms with E-state index in [1.165, 1.54) is 32.8 Å². The second-order valence-electron chi connectivity index (χ2n) is 6.97. The molecule has 0 radical (unpaired) electrons. The molecule has 0 N–H and O–H groups in total. The van der Waals surface area contributed by atoms with Crippen molar-refractivity contribution in [3.63, 3.8) is 0 Å². The van der Waals surface area contributed by atoms with Crippen molar-refractivity contribution in [2.45, 2.75) is 6.92 Å². The van der Waals surface area contributed by atoms with Crippen molar-refractivity contribution in [3.8, 4) is 22.4 Å². The molecule has 1 nitrogen and oxygen atoms in total. The number of rotatable bonds is 2. The lowest BCUT2D eigenvalue weighted by atomic mass is 9.97. The Kier molecular flexibility index (Phi) is 3.72. The molecule has 27 heavy (non-hydrogen) atoms. The molecule has 5 aromatic rings. The minimum atomic E-state index is 1.03. The number of aromatic nitrogens is 1. The first kappa shape index (κ1) is 15.8. The minimum absolute atomic E-state index is 1.03. The highest BCUT2D eigenvalue weighted by Gasteiger charge is 2.11. The number of hydrogen-bond donors (Lipinski definition) is 0. The number of aryl methyl sites for hydroxylation is 1. The highest BCUT2D eigenvalue weighted by atomic mass is 14.7. The van der Waals surface area contributed by atoms with Gasteiger partial charge in [0.1, 0.15) is 0 Å². The molecule has 5 rings (SSSR count). The van der Waals surface area contributed by atoms with Crippen LogP contribution in [-0.2, 0) is 0 Å². The molecular weight excluding hydrogens is 326 g/mol. The van der Waals surface area contributed by atoms with Crippen LogP contribution in [0.15, 0.2) is 97.1 Å². The van der Waals surface area contributed by atoms with Crippen LogP contribution in [-0.4, -0.2) is 4.98 Å². The van der Waals surface area contributed by atoms with E-state index in [9.17, 15) is 0 Å². The average Bonchev–Trinajstić information content (AvgIpc) is 2.74. The normalized spacial score (nSPS) is 11.1. The lowest BCUT2D eigenvalue weighted by molar-refractivity contribution is 1.41. The van der Waals surface area contributed by atoms with Gasteiger partial charge < -0.3 is 0 Å². The lowest BCUT2D eigenvalue weighted by Gasteiger charge is -2.11. The van der Waals surface area contributed by atoms with Gasteiger partial charge in [0.2, 0.25) is 0 Å². The first-order valence-corrected chi connectivity index (χ1v) is 9.24. The Bertz CT molecular complexity index is 1250. The number of pyridine rings is 1. The Labute approximate surface area is 158 Å². The fourth-order valence-corrected chi connectivity index (χ4v) is 3.70. The molecule has 0 bridgehead atoms. The van der Waals surface area contributed by atoms with Crippen LogP contribution in [0.1, 0.15) is 5.56 Å². The predicted molar refractivity (Wildman–Crippen MR) is 115 cm³/mol. The fraction of sp³-hybridized carbons (Fsp3) is 0.0385. The van der Waals surface area contributed by atoms with E-state index in [0.717, 1.165) is 16.8 Å². The maximum absolute atomic E-state index is 5.09. The van der Waals surface area contributed by atoms with Gasteiger partial charge in [0.25, 0.3) is 0 Å². The molecular formula is C26H19N. The van der Waals surface area contributed by atoms with E-state index in [1.807, 2.05) is 6.07 Å². The first-order valence-electron chi connectivity index (χ1n) is 9.24. The van der Waals surface area contributed by atoms with Crippen molar-refractivity contribution in [1.82, 2.24) is 4.98 Å². The van der Waals surface area contributed by atoms with Gasteiger partial charge in [-0.2, -0.15) is 0 Å². The largest absolute Gasteiger partial charge is 0.247 e. The molecule has 1 heterocycles. The van der Waals surface area contributed by atoms with Gasteiger partial charge in [-0.25, -0.2) is 4.98 Å². The SMILES string of the molecule is Cc1ccc(-c2nc3cc(-c4ccccc4)ccc3c3ccccc23)cc1. The van der Waals surface area contributed by atoms with Crippen molar-refractivity contribution < 1.29 is 0 Å². The summed E-state index contributed by atoms with van der Waals surface area (Å²) in [6.07, 6.45) is 0. The summed E-state index contributed by atoms with van der Waals surface area (Å²) in [5, 5.41) is 3.64. The van der Waals surface area contributed by atoms with Crippen LogP contribution in [0.25, 0.3) is 44.1 Å². The quantitative estimate of drug-likeness (QED) is 0.313. The predicted octanol–water partition coefficient (Wildman–Crippen LogP) is 7.03. The molecule has 0 amide bonds. The van der Waals surface area contributed by atoms with Gasteiger partial charge >= 0.3 is 0 Å². The topological polar surface area (TPSA) is 12.9 Å². The van der Waals surface area contributed by atoms with Crippen LogP contribution in [0.4, 0.5) is 0 Å². The summed E-state index contributed by atoms with van der Waals surface area (Å²) < 4.78 is 0. The standard InChI is InChI=1S/C26H19N/c1-18-11-13-20(14-12-18)26-24-10-6-5-9-22(24)23-16-15-21(17-25(23)27-26)19-7-3-2-4-8-19/h2-17H,1H3. The van der Waals surface area contributed by atoms with Crippen LogP contribution in [0.5, 0.6) is 0 Å². The molecule has 0 aliphatic heterocycles.